The number of halogens is 1. The third-order valence-electron chi connectivity index (χ3n) is 5.21. The SMILES string of the molecule is CN=C(NCC1CCCN1C)NCC(CC(C)C)N1CCOCC1.I. The molecule has 2 fully saturated rings. The molecule has 25 heavy (non-hydrogen) atoms. The summed E-state index contributed by atoms with van der Waals surface area (Å²) >= 11 is 0. The second-order valence-electron chi connectivity index (χ2n) is 7.54. The van der Waals surface area contributed by atoms with Crippen LogP contribution in [0.2, 0.25) is 0 Å². The van der Waals surface area contributed by atoms with Gasteiger partial charge in [0.2, 0.25) is 0 Å². The van der Waals surface area contributed by atoms with Crippen molar-refractivity contribution in [3.63, 3.8) is 0 Å². The summed E-state index contributed by atoms with van der Waals surface area (Å²) in [4.78, 5) is 9.41. The van der Waals surface area contributed by atoms with Crippen LogP contribution in [0, 0.1) is 5.92 Å². The Hall–Kier alpha value is -0.120. The first kappa shape index (κ1) is 22.9. The maximum absolute atomic E-state index is 5.50. The minimum absolute atomic E-state index is 0. The van der Waals surface area contributed by atoms with E-state index in [1.807, 2.05) is 7.05 Å². The molecule has 0 bridgehead atoms. The lowest BCUT2D eigenvalue weighted by atomic mass is 10.0. The summed E-state index contributed by atoms with van der Waals surface area (Å²) < 4.78 is 5.50. The molecule has 2 N–H and O–H groups in total. The average Bonchev–Trinajstić information content (AvgIpc) is 2.99. The molecule has 2 aliphatic rings. The van der Waals surface area contributed by atoms with E-state index in [0.29, 0.717) is 18.0 Å². The summed E-state index contributed by atoms with van der Waals surface area (Å²) in [6, 6.07) is 1.18. The van der Waals surface area contributed by atoms with Crippen LogP contribution in [0.3, 0.4) is 0 Å². The Balaban J connectivity index is 0.00000312. The Morgan fingerprint density at radius 2 is 1.92 bits per heavy atom. The van der Waals surface area contributed by atoms with Crippen LogP contribution in [0.1, 0.15) is 33.1 Å². The molecule has 0 aliphatic carbocycles. The van der Waals surface area contributed by atoms with Crippen molar-refractivity contribution in [3.8, 4) is 0 Å². The molecule has 0 aromatic carbocycles. The lowest BCUT2D eigenvalue weighted by Gasteiger charge is -2.36. The van der Waals surface area contributed by atoms with E-state index in [1.54, 1.807) is 0 Å². The fraction of sp³-hybridized carbons (Fsp3) is 0.944. The second-order valence-corrected chi connectivity index (χ2v) is 7.54. The molecular formula is C18H38IN5O. The van der Waals surface area contributed by atoms with Gasteiger partial charge in [0.15, 0.2) is 5.96 Å². The standard InChI is InChI=1S/C18H37N5O.HI/c1-15(2)12-17(23-8-10-24-11-9-23)14-21-18(19-3)20-13-16-6-5-7-22(16)4;/h15-17H,5-14H2,1-4H3,(H2,19,20,21);1H. The van der Waals surface area contributed by atoms with E-state index in [1.165, 1.54) is 25.8 Å². The van der Waals surface area contributed by atoms with E-state index in [0.717, 1.165) is 45.4 Å². The zero-order valence-corrected chi connectivity index (χ0v) is 18.8. The van der Waals surface area contributed by atoms with E-state index in [2.05, 4.69) is 46.3 Å². The Morgan fingerprint density at radius 3 is 2.48 bits per heavy atom. The van der Waals surface area contributed by atoms with Gasteiger partial charge in [0, 0.05) is 45.3 Å². The predicted octanol–water partition coefficient (Wildman–Crippen LogP) is 1.61. The summed E-state index contributed by atoms with van der Waals surface area (Å²) in [5.74, 6) is 1.62. The number of morpholine rings is 1. The number of aliphatic imine (C=N–C) groups is 1. The van der Waals surface area contributed by atoms with Gasteiger partial charge in [-0.3, -0.25) is 9.89 Å². The Labute approximate surface area is 171 Å². The Bertz CT molecular complexity index is 388. The lowest BCUT2D eigenvalue weighted by molar-refractivity contribution is 0.0132. The van der Waals surface area contributed by atoms with Gasteiger partial charge in [0.1, 0.15) is 0 Å². The van der Waals surface area contributed by atoms with E-state index in [9.17, 15) is 0 Å². The van der Waals surface area contributed by atoms with Gasteiger partial charge < -0.3 is 20.3 Å². The highest BCUT2D eigenvalue weighted by Gasteiger charge is 2.23. The molecule has 0 radical (unpaired) electrons. The molecule has 0 aromatic rings. The normalized spacial score (nSPS) is 24.2. The fourth-order valence-electron chi connectivity index (χ4n) is 3.74. The van der Waals surface area contributed by atoms with E-state index in [4.69, 9.17) is 4.74 Å². The summed E-state index contributed by atoms with van der Waals surface area (Å²) in [6.07, 6.45) is 3.79. The summed E-state index contributed by atoms with van der Waals surface area (Å²) in [7, 11) is 4.08. The molecule has 0 amide bonds. The lowest BCUT2D eigenvalue weighted by Crippen LogP contribution is -2.52. The van der Waals surface area contributed by atoms with Crippen LogP contribution in [0.4, 0.5) is 0 Å². The molecule has 2 saturated heterocycles. The highest BCUT2D eigenvalue weighted by Crippen LogP contribution is 2.14. The van der Waals surface area contributed by atoms with Crippen LogP contribution >= 0.6 is 24.0 Å². The number of ether oxygens (including phenoxy) is 1. The van der Waals surface area contributed by atoms with Crippen molar-refractivity contribution in [3.05, 3.63) is 0 Å². The van der Waals surface area contributed by atoms with Gasteiger partial charge >= 0.3 is 0 Å². The number of likely N-dealkylation sites (N-methyl/N-ethyl adjacent to an activating group) is 1. The van der Waals surface area contributed by atoms with E-state index < -0.39 is 0 Å². The number of guanidine groups is 1. The highest BCUT2D eigenvalue weighted by atomic mass is 127. The minimum Gasteiger partial charge on any atom is -0.379 e. The van der Waals surface area contributed by atoms with Crippen LogP contribution < -0.4 is 10.6 Å². The van der Waals surface area contributed by atoms with Gasteiger partial charge in [0.25, 0.3) is 0 Å². The van der Waals surface area contributed by atoms with Crippen molar-refractivity contribution in [1.29, 1.82) is 0 Å². The van der Waals surface area contributed by atoms with Gasteiger partial charge in [-0.15, -0.1) is 24.0 Å². The highest BCUT2D eigenvalue weighted by molar-refractivity contribution is 14.0. The van der Waals surface area contributed by atoms with Gasteiger partial charge in [0.05, 0.1) is 13.2 Å². The Kier molecular flexibility index (Phi) is 11.3. The fourth-order valence-corrected chi connectivity index (χ4v) is 3.74. The van der Waals surface area contributed by atoms with Crippen LogP contribution in [0.5, 0.6) is 0 Å². The summed E-state index contributed by atoms with van der Waals surface area (Å²) in [5.41, 5.74) is 0. The zero-order valence-electron chi connectivity index (χ0n) is 16.5. The van der Waals surface area contributed by atoms with E-state index in [-0.39, 0.29) is 24.0 Å². The maximum Gasteiger partial charge on any atom is 0.191 e. The smallest absolute Gasteiger partial charge is 0.191 e. The quantitative estimate of drug-likeness (QED) is 0.339. The third-order valence-corrected chi connectivity index (χ3v) is 5.21. The first-order valence-corrected chi connectivity index (χ1v) is 9.56. The predicted molar refractivity (Wildman–Crippen MR) is 116 cm³/mol. The van der Waals surface area contributed by atoms with Gasteiger partial charge in [-0.05, 0) is 38.8 Å². The molecule has 7 heteroatoms. The molecule has 0 saturated carbocycles. The molecule has 0 aromatic heterocycles. The number of hydrogen-bond donors (Lipinski definition) is 2. The van der Waals surface area contributed by atoms with Crippen LogP contribution in [0.15, 0.2) is 4.99 Å². The summed E-state index contributed by atoms with van der Waals surface area (Å²) in [6.45, 7) is 11.5. The number of hydrogen-bond acceptors (Lipinski definition) is 4. The topological polar surface area (TPSA) is 52.1 Å². The van der Waals surface area contributed by atoms with Crippen molar-refractivity contribution < 1.29 is 4.74 Å². The molecule has 2 atom stereocenters. The van der Waals surface area contributed by atoms with Crippen molar-refractivity contribution in [2.45, 2.75) is 45.2 Å². The summed E-state index contributed by atoms with van der Waals surface area (Å²) in [5, 5.41) is 7.06. The van der Waals surface area contributed by atoms with E-state index >= 15 is 0 Å². The monoisotopic (exact) mass is 467 g/mol. The number of nitrogens with one attached hydrogen (secondary N) is 2. The molecule has 2 unspecified atom stereocenters. The van der Waals surface area contributed by atoms with Crippen LogP contribution in [-0.2, 0) is 4.74 Å². The molecule has 2 aliphatic heterocycles. The number of nitrogens with zero attached hydrogens (tertiary/aromatic N) is 3. The van der Waals surface area contributed by atoms with Crippen molar-refractivity contribution in [1.82, 2.24) is 20.4 Å². The van der Waals surface area contributed by atoms with Crippen LogP contribution in [0.25, 0.3) is 0 Å². The first-order valence-electron chi connectivity index (χ1n) is 9.56. The Morgan fingerprint density at radius 1 is 1.20 bits per heavy atom. The van der Waals surface area contributed by atoms with Crippen LogP contribution in [-0.4, -0.2) is 87.9 Å². The minimum atomic E-state index is 0. The zero-order chi connectivity index (χ0) is 17.4. The van der Waals surface area contributed by atoms with Gasteiger partial charge in [-0.2, -0.15) is 0 Å². The number of likely N-dealkylation sites (tertiary alicyclic amines) is 1. The third kappa shape index (κ3) is 7.97. The molecule has 0 spiro atoms. The maximum atomic E-state index is 5.50. The molecule has 148 valence electrons. The largest absolute Gasteiger partial charge is 0.379 e. The molecular weight excluding hydrogens is 429 g/mol. The number of rotatable bonds is 7. The van der Waals surface area contributed by atoms with Crippen molar-refractivity contribution in [2.24, 2.45) is 10.9 Å². The van der Waals surface area contributed by atoms with Gasteiger partial charge in [-0.25, -0.2) is 0 Å². The molecule has 2 heterocycles. The molecule has 6 nitrogen and oxygen atoms in total. The van der Waals surface area contributed by atoms with Gasteiger partial charge in [-0.1, -0.05) is 13.8 Å². The van der Waals surface area contributed by atoms with Crippen molar-refractivity contribution in [2.75, 3.05) is 60.0 Å². The van der Waals surface area contributed by atoms with Crippen molar-refractivity contribution >= 4 is 29.9 Å². The molecule has 2 rings (SSSR count). The second kappa shape index (κ2) is 12.3. The first-order chi connectivity index (χ1) is 11.6. The average molecular weight is 467 g/mol.